The van der Waals surface area contributed by atoms with E-state index >= 15 is 0 Å². The fourth-order valence-electron chi connectivity index (χ4n) is 2.79. The number of ether oxygens (including phenoxy) is 3. The zero-order valence-electron chi connectivity index (χ0n) is 16.3. The molecule has 0 saturated heterocycles. The minimum atomic E-state index is -2.36. The molecule has 0 bridgehead atoms. The Labute approximate surface area is 173 Å². The summed E-state index contributed by atoms with van der Waals surface area (Å²) in [4.78, 5) is 12.5. The lowest BCUT2D eigenvalue weighted by atomic mass is 10.1. The van der Waals surface area contributed by atoms with E-state index in [4.69, 9.17) is 9.47 Å². The maximum atomic E-state index is 13.8. The van der Waals surface area contributed by atoms with Crippen LogP contribution in [-0.2, 0) is 6.61 Å². The number of benzene rings is 3. The van der Waals surface area contributed by atoms with Gasteiger partial charge in [0.05, 0.1) is 7.11 Å². The van der Waals surface area contributed by atoms with Gasteiger partial charge in [-0.15, -0.1) is 0 Å². The van der Waals surface area contributed by atoms with Gasteiger partial charge in [0.25, 0.3) is 0 Å². The minimum Gasteiger partial charge on any atom is -0.496 e. The lowest BCUT2D eigenvalue weighted by Crippen LogP contribution is -2.16. The van der Waals surface area contributed by atoms with Crippen LogP contribution < -0.4 is 14.2 Å². The molecule has 0 spiro atoms. The van der Waals surface area contributed by atoms with Crippen LogP contribution in [0.2, 0.25) is 0 Å². The van der Waals surface area contributed by atoms with Crippen LogP contribution in [0, 0.1) is 36.0 Å². The molecule has 0 unspecified atom stereocenters. The van der Waals surface area contributed by atoms with Gasteiger partial charge in [-0.05, 0) is 24.1 Å². The second-order valence-electron chi connectivity index (χ2n) is 6.38. The maximum absolute atomic E-state index is 13.8. The van der Waals surface area contributed by atoms with Crippen molar-refractivity contribution in [2.75, 3.05) is 7.11 Å². The molecule has 0 radical (unpaired) electrons. The Bertz CT molecular complexity index is 1100. The monoisotopic (exact) mass is 438 g/mol. The maximum Gasteiger partial charge on any atom is 0.347 e. The molecular weight excluding hydrogens is 423 g/mol. The fraction of sp³-hybridized carbons (Fsp3) is 0.136. The summed E-state index contributed by atoms with van der Waals surface area (Å²) in [5.74, 6) is -14.1. The average Bonchev–Trinajstić information content (AvgIpc) is 2.77. The van der Waals surface area contributed by atoms with E-state index in [2.05, 4.69) is 4.74 Å². The van der Waals surface area contributed by atoms with Gasteiger partial charge in [-0.25, -0.2) is 18.0 Å². The van der Waals surface area contributed by atoms with Crippen molar-refractivity contribution in [1.29, 1.82) is 0 Å². The summed E-state index contributed by atoms with van der Waals surface area (Å²) in [6.07, 6.45) is 0. The smallest absolute Gasteiger partial charge is 0.347 e. The molecule has 9 heteroatoms. The highest BCUT2D eigenvalue weighted by Gasteiger charge is 2.30. The summed E-state index contributed by atoms with van der Waals surface area (Å²) in [7, 11) is 1.23. The van der Waals surface area contributed by atoms with Crippen LogP contribution in [0.5, 0.6) is 17.2 Å². The van der Waals surface area contributed by atoms with Crippen LogP contribution in [0.4, 0.5) is 22.0 Å². The zero-order valence-corrected chi connectivity index (χ0v) is 16.3. The first-order valence-electron chi connectivity index (χ1n) is 8.83. The first-order valence-corrected chi connectivity index (χ1v) is 8.83. The van der Waals surface area contributed by atoms with Crippen molar-refractivity contribution < 1.29 is 41.0 Å². The van der Waals surface area contributed by atoms with Crippen LogP contribution in [0.3, 0.4) is 0 Å². The standard InChI is InChI=1S/C22H15F5O4/c1-11-8-13(30-10-12-6-4-3-5-7-12)9-14(29-2)15(11)22(28)31-21-19(26)17(24)16(23)18(25)20(21)27/h3-9H,10H2,1-2H3. The molecule has 3 aromatic rings. The third-order valence-corrected chi connectivity index (χ3v) is 4.31. The molecule has 31 heavy (non-hydrogen) atoms. The first kappa shape index (κ1) is 22.1. The zero-order chi connectivity index (χ0) is 22.7. The van der Waals surface area contributed by atoms with Gasteiger partial charge in [-0.1, -0.05) is 30.3 Å². The summed E-state index contributed by atoms with van der Waals surface area (Å²) in [6.45, 7) is 1.69. The molecule has 0 aliphatic carbocycles. The second kappa shape index (κ2) is 9.03. The van der Waals surface area contributed by atoms with E-state index in [1.807, 2.05) is 30.3 Å². The molecule has 0 heterocycles. The van der Waals surface area contributed by atoms with Gasteiger partial charge in [0.2, 0.25) is 34.8 Å². The number of aryl methyl sites for hydroxylation is 1. The molecule has 162 valence electrons. The number of esters is 1. The van der Waals surface area contributed by atoms with E-state index < -0.39 is 40.8 Å². The van der Waals surface area contributed by atoms with Gasteiger partial charge in [0.15, 0.2) is 0 Å². The highest BCUT2D eigenvalue weighted by Crippen LogP contribution is 2.33. The average molecular weight is 438 g/mol. The summed E-state index contributed by atoms with van der Waals surface area (Å²) in [6, 6.07) is 12.0. The number of carbonyl (C=O) groups excluding carboxylic acids is 1. The SMILES string of the molecule is COc1cc(OCc2ccccc2)cc(C)c1C(=O)Oc1c(F)c(F)c(F)c(F)c1F. The van der Waals surface area contributed by atoms with Crippen molar-refractivity contribution in [3.63, 3.8) is 0 Å². The Morgan fingerprint density at radius 2 is 1.45 bits per heavy atom. The van der Waals surface area contributed by atoms with Crippen molar-refractivity contribution in [2.45, 2.75) is 13.5 Å². The minimum absolute atomic E-state index is 0.0723. The third-order valence-electron chi connectivity index (χ3n) is 4.31. The van der Waals surface area contributed by atoms with E-state index in [0.717, 1.165) is 5.56 Å². The first-order chi connectivity index (χ1) is 14.7. The number of hydrogen-bond donors (Lipinski definition) is 0. The van der Waals surface area contributed by atoms with Crippen molar-refractivity contribution >= 4 is 5.97 Å². The highest BCUT2D eigenvalue weighted by molar-refractivity contribution is 5.96. The molecule has 0 atom stereocenters. The molecule has 3 aromatic carbocycles. The molecule has 0 saturated carbocycles. The summed E-state index contributed by atoms with van der Waals surface area (Å²) < 4.78 is 82.9. The number of hydrogen-bond acceptors (Lipinski definition) is 4. The largest absolute Gasteiger partial charge is 0.496 e. The third kappa shape index (κ3) is 4.45. The molecule has 4 nitrogen and oxygen atoms in total. The van der Waals surface area contributed by atoms with E-state index in [1.54, 1.807) is 0 Å². The van der Waals surface area contributed by atoms with Crippen molar-refractivity contribution in [3.8, 4) is 17.2 Å². The number of rotatable bonds is 6. The Kier molecular flexibility index (Phi) is 6.43. The highest BCUT2D eigenvalue weighted by atomic mass is 19.2. The van der Waals surface area contributed by atoms with E-state index in [-0.39, 0.29) is 23.5 Å². The molecule has 0 amide bonds. The normalized spacial score (nSPS) is 10.7. The lowest BCUT2D eigenvalue weighted by Gasteiger charge is -2.15. The Morgan fingerprint density at radius 1 is 0.871 bits per heavy atom. The van der Waals surface area contributed by atoms with Gasteiger partial charge >= 0.3 is 5.97 Å². The number of halogens is 5. The van der Waals surface area contributed by atoms with Gasteiger partial charge in [-0.3, -0.25) is 0 Å². The Hall–Kier alpha value is -3.62. The van der Waals surface area contributed by atoms with Gasteiger partial charge in [-0.2, -0.15) is 8.78 Å². The molecule has 0 aliphatic heterocycles. The Balaban J connectivity index is 1.90. The predicted octanol–water partition coefficient (Wildman–Crippen LogP) is 5.50. The van der Waals surface area contributed by atoms with Crippen molar-refractivity contribution in [1.82, 2.24) is 0 Å². The summed E-state index contributed by atoms with van der Waals surface area (Å²) in [5.41, 5.74) is 0.851. The molecule has 0 N–H and O–H groups in total. The van der Waals surface area contributed by atoms with Crippen LogP contribution in [-0.4, -0.2) is 13.1 Å². The molecule has 3 rings (SSSR count). The van der Waals surface area contributed by atoms with Gasteiger partial charge in [0, 0.05) is 6.07 Å². The lowest BCUT2D eigenvalue weighted by molar-refractivity contribution is 0.0711. The molecule has 0 fully saturated rings. The van der Waals surface area contributed by atoms with E-state index in [1.165, 1.54) is 26.2 Å². The number of methoxy groups -OCH3 is 1. The van der Waals surface area contributed by atoms with Gasteiger partial charge < -0.3 is 14.2 Å². The summed E-state index contributed by atoms with van der Waals surface area (Å²) >= 11 is 0. The topological polar surface area (TPSA) is 44.8 Å². The van der Waals surface area contributed by atoms with Crippen molar-refractivity contribution in [3.05, 3.63) is 88.2 Å². The Morgan fingerprint density at radius 3 is 2.03 bits per heavy atom. The van der Waals surface area contributed by atoms with Crippen LogP contribution in [0.25, 0.3) is 0 Å². The molecule has 0 aromatic heterocycles. The summed E-state index contributed by atoms with van der Waals surface area (Å²) in [5, 5.41) is 0. The number of carbonyl (C=O) groups is 1. The molecular formula is C22H15F5O4. The van der Waals surface area contributed by atoms with Crippen molar-refractivity contribution in [2.24, 2.45) is 0 Å². The predicted molar refractivity (Wildman–Crippen MR) is 99.7 cm³/mol. The quantitative estimate of drug-likeness (QED) is 0.168. The van der Waals surface area contributed by atoms with Crippen LogP contribution >= 0.6 is 0 Å². The second-order valence-corrected chi connectivity index (χ2v) is 6.38. The fourth-order valence-corrected chi connectivity index (χ4v) is 2.79. The van der Waals surface area contributed by atoms with Gasteiger partial charge in [0.1, 0.15) is 23.7 Å². The van der Waals surface area contributed by atoms with E-state index in [0.29, 0.717) is 5.75 Å². The van der Waals surface area contributed by atoms with E-state index in [9.17, 15) is 26.7 Å². The van der Waals surface area contributed by atoms with Crippen LogP contribution in [0.1, 0.15) is 21.5 Å². The molecule has 0 aliphatic rings. The van der Waals surface area contributed by atoms with Crippen LogP contribution in [0.15, 0.2) is 42.5 Å².